The zero-order valence-electron chi connectivity index (χ0n) is 13.2. The lowest BCUT2D eigenvalue weighted by Gasteiger charge is -2.23. The standard InChI is InChI=1S/C14H26N6.HI/c1-14(2)6-9-20(10-14)13(15-3)16-7-4-5-8-19-11-17-18-12-19;/h11-12H,4-10H2,1-3H3,(H,15,16);1H. The van der Waals surface area contributed by atoms with Crippen LogP contribution in [0.4, 0.5) is 0 Å². The zero-order chi connectivity index (χ0) is 14.4. The molecular formula is C14H27IN6. The number of aliphatic imine (C=N–C) groups is 1. The van der Waals surface area contributed by atoms with E-state index in [2.05, 4.69) is 39.3 Å². The highest BCUT2D eigenvalue weighted by Gasteiger charge is 2.30. The summed E-state index contributed by atoms with van der Waals surface area (Å²) in [6.07, 6.45) is 7.00. The van der Waals surface area contributed by atoms with Gasteiger partial charge in [-0.15, -0.1) is 34.2 Å². The molecule has 1 N–H and O–H groups in total. The van der Waals surface area contributed by atoms with Crippen molar-refractivity contribution >= 4 is 29.9 Å². The van der Waals surface area contributed by atoms with Gasteiger partial charge in [0.2, 0.25) is 0 Å². The third-order valence-corrected chi connectivity index (χ3v) is 3.78. The third-order valence-electron chi connectivity index (χ3n) is 3.78. The van der Waals surface area contributed by atoms with Gasteiger partial charge in [-0.2, -0.15) is 0 Å². The van der Waals surface area contributed by atoms with Crippen LogP contribution in [0.5, 0.6) is 0 Å². The molecule has 0 bridgehead atoms. The van der Waals surface area contributed by atoms with Gasteiger partial charge >= 0.3 is 0 Å². The summed E-state index contributed by atoms with van der Waals surface area (Å²) in [5, 5.41) is 11.1. The average molecular weight is 406 g/mol. The number of halogens is 1. The van der Waals surface area contributed by atoms with Crippen LogP contribution in [-0.4, -0.2) is 52.3 Å². The van der Waals surface area contributed by atoms with Crippen LogP contribution in [0.2, 0.25) is 0 Å². The van der Waals surface area contributed by atoms with Crippen molar-refractivity contribution < 1.29 is 0 Å². The Labute approximate surface area is 144 Å². The number of aryl methyl sites for hydroxylation is 1. The molecule has 6 nitrogen and oxygen atoms in total. The number of likely N-dealkylation sites (tertiary alicyclic amines) is 1. The molecule has 1 aliphatic heterocycles. The van der Waals surface area contributed by atoms with Crippen LogP contribution < -0.4 is 5.32 Å². The second-order valence-corrected chi connectivity index (χ2v) is 6.22. The molecular weight excluding hydrogens is 379 g/mol. The monoisotopic (exact) mass is 406 g/mol. The molecule has 1 fully saturated rings. The van der Waals surface area contributed by atoms with Crippen molar-refractivity contribution in [2.24, 2.45) is 10.4 Å². The smallest absolute Gasteiger partial charge is 0.193 e. The highest BCUT2D eigenvalue weighted by atomic mass is 127. The van der Waals surface area contributed by atoms with Crippen LogP contribution in [-0.2, 0) is 6.54 Å². The van der Waals surface area contributed by atoms with Crippen molar-refractivity contribution in [3.63, 3.8) is 0 Å². The molecule has 1 aromatic rings. The SMILES string of the molecule is CN=C(NCCCCn1cnnc1)N1CCC(C)(C)C1.I. The summed E-state index contributed by atoms with van der Waals surface area (Å²) in [5.41, 5.74) is 0.409. The first-order valence-corrected chi connectivity index (χ1v) is 7.39. The molecule has 0 spiro atoms. The fourth-order valence-corrected chi connectivity index (χ4v) is 2.58. The Morgan fingerprint density at radius 2 is 2.00 bits per heavy atom. The molecule has 0 aromatic carbocycles. The van der Waals surface area contributed by atoms with Gasteiger partial charge in [0.1, 0.15) is 12.7 Å². The highest BCUT2D eigenvalue weighted by molar-refractivity contribution is 14.0. The van der Waals surface area contributed by atoms with Gasteiger partial charge in [0.15, 0.2) is 5.96 Å². The maximum Gasteiger partial charge on any atom is 0.193 e. The Kier molecular flexibility index (Phi) is 7.41. The minimum absolute atomic E-state index is 0. The van der Waals surface area contributed by atoms with Crippen LogP contribution >= 0.6 is 24.0 Å². The van der Waals surface area contributed by atoms with Gasteiger partial charge in [-0.3, -0.25) is 4.99 Å². The van der Waals surface area contributed by atoms with Gasteiger partial charge in [0.25, 0.3) is 0 Å². The lowest BCUT2D eigenvalue weighted by molar-refractivity contribution is 0.370. The molecule has 1 aromatic heterocycles. The lowest BCUT2D eigenvalue weighted by atomic mass is 9.93. The Balaban J connectivity index is 0.00000220. The van der Waals surface area contributed by atoms with Crippen molar-refractivity contribution in [1.29, 1.82) is 0 Å². The number of unbranched alkanes of at least 4 members (excludes halogenated alkanes) is 1. The molecule has 0 amide bonds. The number of hydrogen-bond acceptors (Lipinski definition) is 3. The van der Waals surface area contributed by atoms with E-state index in [1.807, 2.05) is 11.6 Å². The Morgan fingerprint density at radius 3 is 2.57 bits per heavy atom. The van der Waals surface area contributed by atoms with Gasteiger partial charge in [-0.05, 0) is 24.7 Å². The van der Waals surface area contributed by atoms with E-state index in [1.165, 1.54) is 6.42 Å². The van der Waals surface area contributed by atoms with Crippen LogP contribution in [0, 0.1) is 5.41 Å². The number of nitrogens with one attached hydrogen (secondary N) is 1. The summed E-state index contributed by atoms with van der Waals surface area (Å²) in [7, 11) is 1.87. The fraction of sp³-hybridized carbons (Fsp3) is 0.786. The molecule has 0 saturated carbocycles. The summed E-state index contributed by atoms with van der Waals surface area (Å²) >= 11 is 0. The van der Waals surface area contributed by atoms with Crippen molar-refractivity contribution in [3.05, 3.63) is 12.7 Å². The second kappa shape index (κ2) is 8.55. The van der Waals surface area contributed by atoms with E-state index < -0.39 is 0 Å². The topological polar surface area (TPSA) is 58.3 Å². The molecule has 1 aliphatic rings. The number of aromatic nitrogens is 3. The molecule has 0 radical (unpaired) electrons. The number of nitrogens with zero attached hydrogens (tertiary/aromatic N) is 5. The molecule has 7 heteroatoms. The maximum atomic E-state index is 4.39. The first-order valence-electron chi connectivity index (χ1n) is 7.39. The van der Waals surface area contributed by atoms with Crippen LogP contribution in [0.25, 0.3) is 0 Å². The highest BCUT2D eigenvalue weighted by Crippen LogP contribution is 2.28. The summed E-state index contributed by atoms with van der Waals surface area (Å²) in [6, 6.07) is 0. The minimum atomic E-state index is 0. The van der Waals surface area contributed by atoms with E-state index in [0.29, 0.717) is 5.41 Å². The summed E-state index contributed by atoms with van der Waals surface area (Å²) < 4.78 is 2.01. The van der Waals surface area contributed by atoms with Crippen LogP contribution in [0.1, 0.15) is 33.1 Å². The summed E-state index contributed by atoms with van der Waals surface area (Å²) in [4.78, 5) is 6.75. The summed E-state index contributed by atoms with van der Waals surface area (Å²) in [6.45, 7) is 8.77. The van der Waals surface area contributed by atoms with E-state index >= 15 is 0 Å². The Morgan fingerprint density at radius 1 is 1.29 bits per heavy atom. The fourth-order valence-electron chi connectivity index (χ4n) is 2.58. The summed E-state index contributed by atoms with van der Waals surface area (Å²) in [5.74, 6) is 1.04. The zero-order valence-corrected chi connectivity index (χ0v) is 15.6. The quantitative estimate of drug-likeness (QED) is 0.352. The number of rotatable bonds is 5. The predicted molar refractivity (Wildman–Crippen MR) is 96.0 cm³/mol. The van der Waals surface area contributed by atoms with Crippen molar-refractivity contribution in [3.8, 4) is 0 Å². The van der Waals surface area contributed by atoms with E-state index in [1.54, 1.807) is 12.7 Å². The molecule has 21 heavy (non-hydrogen) atoms. The van der Waals surface area contributed by atoms with Gasteiger partial charge in [-0.25, -0.2) is 0 Å². The van der Waals surface area contributed by atoms with E-state index in [9.17, 15) is 0 Å². The molecule has 0 unspecified atom stereocenters. The maximum absolute atomic E-state index is 4.39. The molecule has 2 heterocycles. The van der Waals surface area contributed by atoms with Crippen molar-refractivity contribution in [2.75, 3.05) is 26.7 Å². The Bertz CT molecular complexity index is 429. The average Bonchev–Trinajstić information content (AvgIpc) is 3.03. The Hall–Kier alpha value is -0.860. The number of hydrogen-bond donors (Lipinski definition) is 1. The molecule has 2 rings (SSSR count). The van der Waals surface area contributed by atoms with E-state index in [-0.39, 0.29) is 24.0 Å². The second-order valence-electron chi connectivity index (χ2n) is 6.22. The third kappa shape index (κ3) is 5.80. The normalized spacial score (nSPS) is 17.7. The molecule has 0 aliphatic carbocycles. The van der Waals surface area contributed by atoms with E-state index in [0.717, 1.165) is 45.0 Å². The minimum Gasteiger partial charge on any atom is -0.356 e. The predicted octanol–water partition coefficient (Wildman–Crippen LogP) is 1.98. The van der Waals surface area contributed by atoms with Crippen molar-refractivity contribution in [2.45, 2.75) is 39.7 Å². The molecule has 120 valence electrons. The molecule has 0 atom stereocenters. The van der Waals surface area contributed by atoms with Gasteiger partial charge in [-0.1, -0.05) is 13.8 Å². The van der Waals surface area contributed by atoms with Gasteiger partial charge in [0.05, 0.1) is 0 Å². The van der Waals surface area contributed by atoms with Gasteiger partial charge in [0, 0.05) is 33.2 Å². The first kappa shape index (κ1) is 18.2. The van der Waals surface area contributed by atoms with E-state index in [4.69, 9.17) is 0 Å². The largest absolute Gasteiger partial charge is 0.356 e. The van der Waals surface area contributed by atoms with Crippen LogP contribution in [0.3, 0.4) is 0 Å². The molecule has 1 saturated heterocycles. The van der Waals surface area contributed by atoms with Crippen LogP contribution in [0.15, 0.2) is 17.6 Å². The van der Waals surface area contributed by atoms with Crippen molar-refractivity contribution in [1.82, 2.24) is 25.0 Å². The lowest BCUT2D eigenvalue weighted by Crippen LogP contribution is -2.41. The first-order chi connectivity index (χ1) is 9.61. The number of guanidine groups is 1. The van der Waals surface area contributed by atoms with Gasteiger partial charge < -0.3 is 14.8 Å².